The normalized spacial score (nSPS) is 11.0. The van der Waals surface area contributed by atoms with E-state index in [9.17, 15) is 59.4 Å². The molecule has 12 rings (SSSR count). The molecular formula is C60H21Al2Br9O15. The van der Waals surface area contributed by atoms with Gasteiger partial charge >= 0.3 is 34.7 Å². The maximum Gasteiger partial charge on any atom is 3.00 e. The third kappa shape index (κ3) is 12.0. The Hall–Kier alpha value is -5.42. The average molecular weight is 1750 g/mol. The molecule has 0 bridgehead atoms. The summed E-state index contributed by atoms with van der Waals surface area (Å²) in [6.45, 7) is 0. The molecule has 0 fully saturated rings. The van der Waals surface area contributed by atoms with Gasteiger partial charge in [-0.25, -0.2) is 0 Å². The van der Waals surface area contributed by atoms with E-state index in [4.69, 9.17) is 13.3 Å². The molecule has 6 aromatic rings. The summed E-state index contributed by atoms with van der Waals surface area (Å²) in [4.78, 5) is 71.5. The van der Waals surface area contributed by atoms with Crippen LogP contribution in [0.1, 0.15) is 31.1 Å². The fourth-order valence-electron chi connectivity index (χ4n) is 9.36. The van der Waals surface area contributed by atoms with Crippen molar-refractivity contribution < 1.29 is 58.3 Å². The van der Waals surface area contributed by atoms with Gasteiger partial charge in [0.2, 0.25) is 0 Å². The van der Waals surface area contributed by atoms with Gasteiger partial charge in [0.25, 0.3) is 0 Å². The number of hydrogen-bond acceptors (Lipinski definition) is 15. The summed E-state index contributed by atoms with van der Waals surface area (Å²) in [7, 11) is 0. The predicted octanol–water partition coefficient (Wildman–Crippen LogP) is 12.1. The van der Waals surface area contributed by atoms with E-state index in [1.807, 2.05) is 0 Å². The fourth-order valence-corrected chi connectivity index (χ4v) is 14.2. The molecule has 6 aliphatic rings. The Morgan fingerprint density at radius 2 is 0.558 bits per heavy atom. The third-order valence-electron chi connectivity index (χ3n) is 13.1. The van der Waals surface area contributed by atoms with E-state index in [0.717, 1.165) is 0 Å². The molecule has 0 radical (unpaired) electrons. The summed E-state index contributed by atoms with van der Waals surface area (Å²) in [5.74, 6) is -4.36. The number of hydrogen-bond donors (Lipinski definition) is 0. The van der Waals surface area contributed by atoms with Crippen LogP contribution in [0.25, 0.3) is 100 Å². The van der Waals surface area contributed by atoms with Crippen molar-refractivity contribution in [2.45, 2.75) is 0 Å². The molecule has 3 aliphatic carbocycles. The van der Waals surface area contributed by atoms with Gasteiger partial charge in [-0.15, -0.1) is 0 Å². The molecule has 0 spiro atoms. The Morgan fingerprint density at radius 3 is 0.791 bits per heavy atom. The first-order chi connectivity index (χ1) is 39.9. The summed E-state index contributed by atoms with van der Waals surface area (Å²) >= 11 is 29.2. The summed E-state index contributed by atoms with van der Waals surface area (Å²) in [5.41, 5.74) is 3.91. The number of carbonyl (C=O) groups is 3. The van der Waals surface area contributed by atoms with Gasteiger partial charge in [-0.3, -0.25) is 14.4 Å². The molecule has 0 saturated heterocycles. The molecule has 0 saturated carbocycles. The Morgan fingerprint density at radius 1 is 0.326 bits per heavy atom. The van der Waals surface area contributed by atoms with Crippen LogP contribution < -0.4 is 46.9 Å². The van der Waals surface area contributed by atoms with Crippen LogP contribution in [0.3, 0.4) is 0 Å². The number of benzene rings is 9. The average Bonchev–Trinajstić information content (AvgIpc) is 0.809. The van der Waals surface area contributed by atoms with Crippen molar-refractivity contribution in [2.75, 3.05) is 0 Å². The minimum Gasteiger partial charge on any atom is -0.871 e. The molecule has 15 nitrogen and oxygen atoms in total. The smallest absolute Gasteiger partial charge is 0.871 e. The molecule has 26 heteroatoms. The van der Waals surface area contributed by atoms with Gasteiger partial charge in [0.1, 0.15) is 30.2 Å². The second kappa shape index (κ2) is 26.7. The summed E-state index contributed by atoms with van der Waals surface area (Å²) < 4.78 is 19.6. The minimum atomic E-state index is -1.34. The van der Waals surface area contributed by atoms with Crippen LogP contribution in [-0.4, -0.2) is 52.6 Å². The van der Waals surface area contributed by atoms with Crippen LogP contribution in [0.5, 0.6) is 17.2 Å². The molecule has 3 aliphatic heterocycles. The summed E-state index contributed by atoms with van der Waals surface area (Å²) in [6, 6.07) is 32.7. The van der Waals surface area contributed by atoms with E-state index in [-0.39, 0.29) is 159 Å². The topological polar surface area (TPSA) is 280 Å². The standard InChI is InChI=1S/3C20H9Br3O5.2Al/c3*21-12-7-11-14(8-3-1-2-4-9(8)20(26)27)10-5-6-13(24)15(22)18(10)28-19(11)16(23)17(12)25;;/h3*1-7,25H,(H,26,27);;/q;;;2*+3/p-6. The van der Waals surface area contributed by atoms with E-state index in [1.54, 1.807) is 91.0 Å². The van der Waals surface area contributed by atoms with Gasteiger partial charge in [0.15, 0.2) is 33.6 Å². The Kier molecular flexibility index (Phi) is 20.7. The van der Waals surface area contributed by atoms with E-state index in [0.29, 0.717) is 66.2 Å². The zero-order chi connectivity index (χ0) is 60.5. The number of carboxylic acid groups (broad SMARTS) is 3. The molecule has 420 valence electrons. The second-order valence-corrected chi connectivity index (χ2v) is 25.1. The first-order valence-electron chi connectivity index (χ1n) is 23.6. The Labute approximate surface area is 580 Å². The zero-order valence-electron chi connectivity index (χ0n) is 42.3. The number of rotatable bonds is 6. The van der Waals surface area contributed by atoms with Crippen LogP contribution in [0, 0.1) is 0 Å². The molecule has 0 aromatic heterocycles. The van der Waals surface area contributed by atoms with Gasteiger partial charge in [-0.2, -0.15) is 0 Å². The number of aromatic carboxylic acids is 3. The minimum absolute atomic E-state index is 0. The monoisotopic (exact) mass is 1750 g/mol. The molecule has 0 unspecified atom stereocenters. The van der Waals surface area contributed by atoms with Crippen LogP contribution in [0.4, 0.5) is 0 Å². The van der Waals surface area contributed by atoms with Gasteiger partial charge in [-0.1, -0.05) is 138 Å². The third-order valence-corrected chi connectivity index (χ3v) is 19.2. The molecule has 86 heavy (non-hydrogen) atoms. The fraction of sp³-hybridized carbons (Fsp3) is 0. The molecule has 0 N–H and O–H groups in total. The molecule has 0 amide bonds. The summed E-state index contributed by atoms with van der Waals surface area (Å²) in [5, 5.41) is 73.7. The number of carbonyl (C=O) groups excluding carboxylic acids is 3. The number of fused-ring (bicyclic) bond motifs is 6. The largest absolute Gasteiger partial charge is 3.00 e. The van der Waals surface area contributed by atoms with E-state index >= 15 is 0 Å². The van der Waals surface area contributed by atoms with E-state index in [1.165, 1.54) is 36.4 Å². The van der Waals surface area contributed by atoms with Crippen molar-refractivity contribution in [3.05, 3.63) is 215 Å². The molecule has 0 atom stereocenters. The van der Waals surface area contributed by atoms with Crippen LogP contribution >= 0.6 is 143 Å². The van der Waals surface area contributed by atoms with Crippen molar-refractivity contribution >= 4 is 229 Å². The number of carboxylic acids is 3. The van der Waals surface area contributed by atoms with Crippen molar-refractivity contribution in [1.29, 1.82) is 0 Å². The van der Waals surface area contributed by atoms with E-state index < -0.39 is 17.9 Å². The SMILES string of the molecule is O=C([O-])c1ccccc1-c1c2ccc(=O)c(Br)c-2oc2c(Br)c([O-])c(Br)cc12.O=C([O-])c1ccccc1-c1c2ccc(=O)c(Br)c-2oc2c(Br)c([O-])c(Br)cc12.O=C([O-])c1ccccc1-c1c2ccc(=O)c(Br)c-2oc2c(Br)c([O-])c(Br)cc12.[Al+3].[Al+3]. The summed E-state index contributed by atoms with van der Waals surface area (Å²) in [6.07, 6.45) is 0. The predicted molar refractivity (Wildman–Crippen MR) is 346 cm³/mol. The molecule has 6 aromatic carbocycles. The molecule has 3 heterocycles. The van der Waals surface area contributed by atoms with Crippen molar-refractivity contribution in [3.8, 4) is 84.6 Å². The quantitative estimate of drug-likeness (QED) is 0.110. The van der Waals surface area contributed by atoms with Gasteiger partial charge in [0, 0.05) is 79.6 Å². The Bertz CT molecular complexity index is 4430. The van der Waals surface area contributed by atoms with Gasteiger partial charge in [-0.05, 0) is 167 Å². The van der Waals surface area contributed by atoms with Gasteiger partial charge in [0.05, 0.1) is 31.3 Å². The first kappa shape index (κ1) is 66.5. The van der Waals surface area contributed by atoms with Crippen LogP contribution in [-0.2, 0) is 0 Å². The maximum atomic E-state index is 12.4. The van der Waals surface area contributed by atoms with Crippen molar-refractivity contribution in [3.63, 3.8) is 0 Å². The molecular weight excluding hydrogens is 1730 g/mol. The van der Waals surface area contributed by atoms with E-state index in [2.05, 4.69) is 143 Å². The Balaban J connectivity index is 0.000000166. The van der Waals surface area contributed by atoms with Crippen LogP contribution in [0.2, 0.25) is 0 Å². The maximum absolute atomic E-state index is 12.4. The second-order valence-electron chi connectivity index (χ2n) is 17.8. The zero-order valence-corrected chi connectivity index (χ0v) is 58.9. The van der Waals surface area contributed by atoms with Crippen LogP contribution in [0.15, 0.2) is 195 Å². The first-order valence-corrected chi connectivity index (χ1v) is 30.7. The number of halogens is 9. The van der Waals surface area contributed by atoms with Crippen molar-refractivity contribution in [1.82, 2.24) is 0 Å². The van der Waals surface area contributed by atoms with Crippen molar-refractivity contribution in [2.24, 2.45) is 0 Å². The van der Waals surface area contributed by atoms with Gasteiger partial charge < -0.3 is 58.3 Å².